The van der Waals surface area contributed by atoms with Crippen molar-refractivity contribution in [3.8, 4) is 0 Å². The van der Waals surface area contributed by atoms with Crippen LogP contribution in [-0.2, 0) is 28.6 Å². The number of esters is 1. The molecule has 29 heavy (non-hydrogen) atoms. The molecule has 4 fully saturated rings. The molecule has 0 bridgehead atoms. The molecule has 0 aromatic heterocycles. The lowest BCUT2D eigenvalue weighted by Gasteiger charge is -2.52. The van der Waals surface area contributed by atoms with Crippen LogP contribution < -0.4 is 0 Å². The Bertz CT molecular complexity index is 972. The van der Waals surface area contributed by atoms with Crippen LogP contribution >= 0.6 is 0 Å². The Morgan fingerprint density at radius 2 is 1.79 bits per heavy atom. The molecule has 5 rings (SSSR count). The largest absolute Gasteiger partial charge is 0.459 e. The van der Waals surface area contributed by atoms with Gasteiger partial charge >= 0.3 is 5.97 Å². The van der Waals surface area contributed by atoms with Gasteiger partial charge in [-0.15, -0.1) is 0 Å². The third kappa shape index (κ3) is 2.41. The van der Waals surface area contributed by atoms with Gasteiger partial charge in [0.1, 0.15) is 11.7 Å². The van der Waals surface area contributed by atoms with E-state index in [2.05, 4.69) is 13.8 Å². The van der Waals surface area contributed by atoms with E-state index in [1.54, 1.807) is 24.3 Å². The van der Waals surface area contributed by atoms with E-state index in [1.807, 2.05) is 13.8 Å². The molecule has 2 saturated carbocycles. The molecule has 0 amide bonds. The van der Waals surface area contributed by atoms with Crippen LogP contribution in [0.15, 0.2) is 29.2 Å². The summed E-state index contributed by atoms with van der Waals surface area (Å²) >= 11 is 0. The standard InChI is InChI=1S/C22H28O6S/c1-13-5-7-15(8-6-13)29(24,25)27-17-10-12-21(4)22(28-21)18-16(9-11-20(17,22)3)14(2)19(23)26-18/h5-8,14,16-18H,9-12H2,1-4H3/t14-,16-,17+,18-,20-,21+,22-/m0/s1. The third-order valence-corrected chi connectivity index (χ3v) is 9.50. The summed E-state index contributed by atoms with van der Waals surface area (Å²) in [5.41, 5.74) is -0.619. The van der Waals surface area contributed by atoms with Gasteiger partial charge in [0, 0.05) is 11.3 Å². The second-order valence-corrected chi connectivity index (χ2v) is 11.3. The normalized spacial score (nSPS) is 45.7. The number of benzene rings is 1. The molecule has 1 spiro atoms. The molecule has 0 N–H and O–H groups in total. The summed E-state index contributed by atoms with van der Waals surface area (Å²) in [4.78, 5) is 12.5. The molecule has 1 aromatic rings. The highest BCUT2D eigenvalue weighted by Gasteiger charge is 2.85. The first-order valence-electron chi connectivity index (χ1n) is 10.4. The average Bonchev–Trinajstić information content (AvgIpc) is 3.20. The Balaban J connectivity index is 1.49. The van der Waals surface area contributed by atoms with Gasteiger partial charge < -0.3 is 9.47 Å². The highest BCUT2D eigenvalue weighted by molar-refractivity contribution is 7.86. The van der Waals surface area contributed by atoms with Crippen molar-refractivity contribution in [2.24, 2.45) is 17.3 Å². The summed E-state index contributed by atoms with van der Waals surface area (Å²) in [6, 6.07) is 6.71. The van der Waals surface area contributed by atoms with Crippen LogP contribution in [0.3, 0.4) is 0 Å². The van der Waals surface area contributed by atoms with Gasteiger partial charge in [0.25, 0.3) is 10.1 Å². The summed E-state index contributed by atoms with van der Waals surface area (Å²) in [6.07, 6.45) is 1.99. The Labute approximate surface area is 172 Å². The summed E-state index contributed by atoms with van der Waals surface area (Å²) < 4.78 is 44.1. The molecule has 6 nitrogen and oxygen atoms in total. The fraction of sp³-hybridized carbons (Fsp3) is 0.682. The molecule has 0 radical (unpaired) electrons. The highest BCUT2D eigenvalue weighted by Crippen LogP contribution is 2.73. The number of rotatable bonds is 3. The van der Waals surface area contributed by atoms with E-state index in [9.17, 15) is 13.2 Å². The maximum atomic E-state index is 13.0. The van der Waals surface area contributed by atoms with Crippen LogP contribution in [0.25, 0.3) is 0 Å². The first-order valence-corrected chi connectivity index (χ1v) is 11.9. The van der Waals surface area contributed by atoms with Crippen molar-refractivity contribution < 1.29 is 26.9 Å². The second kappa shape index (κ2) is 5.83. The number of carbonyl (C=O) groups is 1. The van der Waals surface area contributed by atoms with Gasteiger partial charge in [-0.1, -0.05) is 31.5 Å². The van der Waals surface area contributed by atoms with Gasteiger partial charge in [0.15, 0.2) is 0 Å². The molecule has 2 aliphatic carbocycles. The number of ether oxygens (including phenoxy) is 2. The highest BCUT2D eigenvalue weighted by atomic mass is 32.2. The van der Waals surface area contributed by atoms with Crippen molar-refractivity contribution in [1.82, 2.24) is 0 Å². The zero-order valence-corrected chi connectivity index (χ0v) is 18.1. The minimum atomic E-state index is -3.90. The van der Waals surface area contributed by atoms with Gasteiger partial charge in [-0.3, -0.25) is 8.98 Å². The minimum absolute atomic E-state index is 0.116. The summed E-state index contributed by atoms with van der Waals surface area (Å²) in [6.45, 7) is 7.95. The molecular formula is C22H28O6S. The molecule has 4 aliphatic rings. The first-order chi connectivity index (χ1) is 13.5. The molecule has 7 heteroatoms. The first kappa shape index (κ1) is 19.5. The minimum Gasteiger partial charge on any atom is -0.459 e. The number of epoxide rings is 1. The molecule has 1 aromatic carbocycles. The number of aryl methyl sites for hydroxylation is 1. The van der Waals surface area contributed by atoms with Crippen LogP contribution in [0.2, 0.25) is 0 Å². The summed E-state index contributed by atoms with van der Waals surface area (Å²) in [5.74, 6) is -0.207. The van der Waals surface area contributed by atoms with Crippen molar-refractivity contribution >= 4 is 16.1 Å². The van der Waals surface area contributed by atoms with Gasteiger partial charge in [-0.05, 0) is 51.7 Å². The molecule has 2 heterocycles. The van der Waals surface area contributed by atoms with E-state index in [-0.39, 0.29) is 28.8 Å². The summed E-state index contributed by atoms with van der Waals surface area (Å²) in [5, 5.41) is 0. The molecule has 7 atom stereocenters. The second-order valence-electron chi connectivity index (χ2n) is 9.73. The maximum absolute atomic E-state index is 13.0. The smallest absolute Gasteiger partial charge is 0.309 e. The van der Waals surface area contributed by atoms with Crippen molar-refractivity contribution in [3.63, 3.8) is 0 Å². The van der Waals surface area contributed by atoms with Gasteiger partial charge in [-0.25, -0.2) is 0 Å². The van der Waals surface area contributed by atoms with Crippen LogP contribution in [0, 0.1) is 24.2 Å². The van der Waals surface area contributed by atoms with E-state index < -0.39 is 32.8 Å². The van der Waals surface area contributed by atoms with E-state index in [1.165, 1.54) is 0 Å². The van der Waals surface area contributed by atoms with E-state index in [0.29, 0.717) is 12.8 Å². The van der Waals surface area contributed by atoms with E-state index in [0.717, 1.165) is 18.4 Å². The average molecular weight is 421 g/mol. The monoisotopic (exact) mass is 420 g/mol. The van der Waals surface area contributed by atoms with Gasteiger partial charge in [0.05, 0.1) is 22.5 Å². The summed E-state index contributed by atoms with van der Waals surface area (Å²) in [7, 11) is -3.90. The quantitative estimate of drug-likeness (QED) is 0.424. The van der Waals surface area contributed by atoms with Crippen molar-refractivity contribution in [2.45, 2.75) is 81.7 Å². The SMILES string of the molecule is Cc1ccc(S(=O)(=O)O[C@@H]2CC[C@@]3(C)O[C@]34[C@H]3OC(=O)[C@@H](C)[C@@H]3CC[C@@]24C)cc1. The third-order valence-electron chi connectivity index (χ3n) is 8.17. The Morgan fingerprint density at radius 3 is 2.48 bits per heavy atom. The number of hydrogen-bond acceptors (Lipinski definition) is 6. The zero-order chi connectivity index (χ0) is 20.8. The number of hydrogen-bond donors (Lipinski definition) is 0. The van der Waals surface area contributed by atoms with Crippen LogP contribution in [0.5, 0.6) is 0 Å². The van der Waals surface area contributed by atoms with Crippen molar-refractivity contribution in [2.75, 3.05) is 0 Å². The van der Waals surface area contributed by atoms with Crippen LogP contribution in [-0.4, -0.2) is 37.8 Å². The molecule has 2 saturated heterocycles. The predicted molar refractivity (Wildman–Crippen MR) is 105 cm³/mol. The van der Waals surface area contributed by atoms with Crippen molar-refractivity contribution in [3.05, 3.63) is 29.8 Å². The van der Waals surface area contributed by atoms with E-state index >= 15 is 0 Å². The Hall–Kier alpha value is -1.44. The molecule has 158 valence electrons. The Morgan fingerprint density at radius 1 is 1.10 bits per heavy atom. The molecular weight excluding hydrogens is 392 g/mol. The van der Waals surface area contributed by atoms with Crippen molar-refractivity contribution in [1.29, 1.82) is 0 Å². The lowest BCUT2D eigenvalue weighted by atomic mass is 9.52. The lowest BCUT2D eigenvalue weighted by Crippen LogP contribution is -2.63. The predicted octanol–water partition coefficient (Wildman–Crippen LogP) is 3.37. The molecule has 0 unspecified atom stereocenters. The van der Waals surface area contributed by atoms with Crippen LogP contribution in [0.4, 0.5) is 0 Å². The van der Waals surface area contributed by atoms with E-state index in [4.69, 9.17) is 13.7 Å². The van der Waals surface area contributed by atoms with Crippen LogP contribution in [0.1, 0.15) is 52.0 Å². The molecule has 2 aliphatic heterocycles. The maximum Gasteiger partial charge on any atom is 0.309 e. The number of fused-ring (bicyclic) bond motifs is 1. The fourth-order valence-corrected chi connectivity index (χ4v) is 7.55. The van der Waals surface area contributed by atoms with Gasteiger partial charge in [0.2, 0.25) is 0 Å². The van der Waals surface area contributed by atoms with Gasteiger partial charge in [-0.2, -0.15) is 8.42 Å². The number of carbonyl (C=O) groups excluding carboxylic acids is 1. The fourth-order valence-electron chi connectivity index (χ4n) is 6.36. The topological polar surface area (TPSA) is 82.2 Å². The lowest BCUT2D eigenvalue weighted by molar-refractivity contribution is -0.156. The zero-order valence-electron chi connectivity index (χ0n) is 17.3. The Kier molecular flexibility index (Phi) is 3.92.